The fraction of sp³-hybridized carbons (Fsp3) is 0.875. The number of halogens is 4. The number of rotatable bonds is 6. The van der Waals surface area contributed by atoms with Gasteiger partial charge in [0.1, 0.15) is 0 Å². The molecule has 0 heterocycles. The molecule has 7 heteroatoms. The Hall–Kier alpha value is -1.01. The van der Waals surface area contributed by atoms with E-state index in [4.69, 9.17) is 0 Å². The molecule has 0 atom stereocenters. The molecular weight excluding hydrogens is 216 g/mol. The molecule has 0 aliphatic rings. The molecule has 0 aliphatic carbocycles. The minimum Gasteiger partial charge on any atom is -0.338 e. The Morgan fingerprint density at radius 2 is 1.93 bits per heavy atom. The van der Waals surface area contributed by atoms with Gasteiger partial charge in [-0.3, -0.25) is 0 Å². The van der Waals surface area contributed by atoms with Crippen molar-refractivity contribution < 1.29 is 22.4 Å². The van der Waals surface area contributed by atoms with Gasteiger partial charge in [-0.1, -0.05) is 13.3 Å². The minimum atomic E-state index is -4.18. The summed E-state index contributed by atoms with van der Waals surface area (Å²) in [5.41, 5.74) is 0. The van der Waals surface area contributed by atoms with Crippen molar-refractivity contribution in [1.29, 1.82) is 0 Å². The minimum absolute atomic E-state index is 0.336. The molecule has 0 spiro atoms. The van der Waals surface area contributed by atoms with Gasteiger partial charge in [-0.25, -0.2) is 13.6 Å². The van der Waals surface area contributed by atoms with Crippen LogP contribution in [0.15, 0.2) is 0 Å². The second-order valence-electron chi connectivity index (χ2n) is 3.02. The zero-order valence-electron chi connectivity index (χ0n) is 8.33. The van der Waals surface area contributed by atoms with E-state index in [1.54, 1.807) is 5.32 Å². The molecule has 0 radical (unpaired) electrons. The highest BCUT2D eigenvalue weighted by Crippen LogP contribution is 2.21. The second kappa shape index (κ2) is 6.47. The average molecular weight is 230 g/mol. The number of alkyl halides is 4. The van der Waals surface area contributed by atoms with Crippen molar-refractivity contribution in [3.63, 3.8) is 0 Å². The van der Waals surface area contributed by atoms with Gasteiger partial charge in [-0.2, -0.15) is 8.78 Å². The van der Waals surface area contributed by atoms with Gasteiger partial charge < -0.3 is 10.6 Å². The summed E-state index contributed by atoms with van der Waals surface area (Å²) in [6.07, 6.45) is -2.22. The van der Waals surface area contributed by atoms with Crippen LogP contribution in [0.25, 0.3) is 0 Å². The molecule has 0 bridgehead atoms. The fourth-order valence-corrected chi connectivity index (χ4v) is 0.716. The van der Waals surface area contributed by atoms with E-state index in [0.717, 1.165) is 6.42 Å². The Morgan fingerprint density at radius 3 is 2.40 bits per heavy atom. The van der Waals surface area contributed by atoms with Crippen LogP contribution in [-0.2, 0) is 0 Å². The summed E-state index contributed by atoms with van der Waals surface area (Å²) < 4.78 is 47.9. The molecular formula is C8H14F4N2O. The molecule has 2 N–H and O–H groups in total. The number of carbonyl (C=O) groups is 1. The Labute approximate surface area is 85.2 Å². The third-order valence-corrected chi connectivity index (χ3v) is 1.62. The molecule has 3 nitrogen and oxygen atoms in total. The largest absolute Gasteiger partial charge is 0.338 e. The van der Waals surface area contributed by atoms with Crippen molar-refractivity contribution in [3.05, 3.63) is 0 Å². The first-order chi connectivity index (χ1) is 6.90. The van der Waals surface area contributed by atoms with Crippen LogP contribution in [0.4, 0.5) is 22.4 Å². The monoisotopic (exact) mass is 230 g/mol. The van der Waals surface area contributed by atoms with E-state index in [1.807, 2.05) is 6.92 Å². The summed E-state index contributed by atoms with van der Waals surface area (Å²) >= 11 is 0. The van der Waals surface area contributed by atoms with E-state index in [1.165, 1.54) is 0 Å². The summed E-state index contributed by atoms with van der Waals surface area (Å²) in [6.45, 7) is 0.871. The van der Waals surface area contributed by atoms with E-state index in [9.17, 15) is 22.4 Å². The van der Waals surface area contributed by atoms with Crippen molar-refractivity contribution >= 4 is 6.03 Å². The van der Waals surface area contributed by atoms with E-state index in [2.05, 4.69) is 5.32 Å². The number of urea groups is 1. The van der Waals surface area contributed by atoms with Crippen LogP contribution >= 0.6 is 0 Å². The van der Waals surface area contributed by atoms with Crippen molar-refractivity contribution in [1.82, 2.24) is 10.6 Å². The summed E-state index contributed by atoms with van der Waals surface area (Å²) in [5.74, 6) is -4.18. The first-order valence-corrected chi connectivity index (χ1v) is 4.57. The van der Waals surface area contributed by atoms with Crippen molar-refractivity contribution in [2.75, 3.05) is 13.1 Å². The number of hydrogen-bond acceptors (Lipinski definition) is 1. The van der Waals surface area contributed by atoms with Gasteiger partial charge in [-0.05, 0) is 6.42 Å². The van der Waals surface area contributed by atoms with Crippen LogP contribution in [0.5, 0.6) is 0 Å². The molecule has 0 aromatic carbocycles. The lowest BCUT2D eigenvalue weighted by atomic mass is 10.3. The van der Waals surface area contributed by atoms with E-state index in [0.29, 0.717) is 13.0 Å². The SMILES string of the molecule is CCCCNC(=O)NCC(F)(F)C(F)F. The summed E-state index contributed by atoms with van der Waals surface area (Å²) in [6, 6.07) is -0.858. The smallest absolute Gasteiger partial charge is 0.324 e. The molecule has 2 amide bonds. The Balaban J connectivity index is 3.71. The molecule has 0 aromatic rings. The molecule has 15 heavy (non-hydrogen) atoms. The zero-order chi connectivity index (χ0) is 11.9. The number of unbranched alkanes of at least 4 members (excludes halogenated alkanes) is 1. The predicted molar refractivity (Wildman–Crippen MR) is 47.3 cm³/mol. The summed E-state index contributed by atoms with van der Waals surface area (Å²) in [5, 5.41) is 3.95. The van der Waals surface area contributed by atoms with Gasteiger partial charge >= 0.3 is 18.4 Å². The molecule has 0 aromatic heterocycles. The molecule has 0 rings (SSSR count). The van der Waals surface area contributed by atoms with Crippen molar-refractivity contribution in [2.45, 2.75) is 32.1 Å². The maximum atomic E-state index is 12.3. The predicted octanol–water partition coefficient (Wildman–Crippen LogP) is 1.99. The zero-order valence-corrected chi connectivity index (χ0v) is 8.33. The third kappa shape index (κ3) is 6.14. The Bertz CT molecular complexity index is 199. The lowest BCUT2D eigenvalue weighted by molar-refractivity contribution is -0.123. The maximum absolute atomic E-state index is 12.3. The van der Waals surface area contributed by atoms with Gasteiger partial charge in [0.15, 0.2) is 0 Å². The highest BCUT2D eigenvalue weighted by molar-refractivity contribution is 5.73. The number of amides is 2. The summed E-state index contributed by atoms with van der Waals surface area (Å²) in [4.78, 5) is 10.8. The fourth-order valence-electron chi connectivity index (χ4n) is 0.716. The first-order valence-electron chi connectivity index (χ1n) is 4.57. The van der Waals surface area contributed by atoms with E-state index in [-0.39, 0.29) is 0 Å². The molecule has 0 aliphatic heterocycles. The maximum Gasteiger partial charge on any atom is 0.324 e. The van der Waals surface area contributed by atoms with Gasteiger partial charge in [0.25, 0.3) is 0 Å². The quantitative estimate of drug-likeness (QED) is 0.531. The molecule has 0 unspecified atom stereocenters. The molecule has 90 valence electrons. The van der Waals surface area contributed by atoms with Crippen LogP contribution in [0.1, 0.15) is 19.8 Å². The highest BCUT2D eigenvalue weighted by Gasteiger charge is 2.40. The van der Waals surface area contributed by atoms with Crippen LogP contribution in [0.3, 0.4) is 0 Å². The Kier molecular flexibility index (Phi) is 6.03. The third-order valence-electron chi connectivity index (χ3n) is 1.62. The average Bonchev–Trinajstić information content (AvgIpc) is 2.15. The lowest BCUT2D eigenvalue weighted by Crippen LogP contribution is -2.45. The lowest BCUT2D eigenvalue weighted by Gasteiger charge is -2.15. The Morgan fingerprint density at radius 1 is 1.33 bits per heavy atom. The van der Waals surface area contributed by atoms with Crippen molar-refractivity contribution in [3.8, 4) is 0 Å². The van der Waals surface area contributed by atoms with Crippen molar-refractivity contribution in [2.24, 2.45) is 0 Å². The van der Waals surface area contributed by atoms with Gasteiger partial charge in [0.2, 0.25) is 0 Å². The second-order valence-corrected chi connectivity index (χ2v) is 3.02. The van der Waals surface area contributed by atoms with Crippen LogP contribution < -0.4 is 10.6 Å². The van der Waals surface area contributed by atoms with E-state index >= 15 is 0 Å². The molecule has 0 fully saturated rings. The normalized spacial score (nSPS) is 11.6. The van der Waals surface area contributed by atoms with Crippen LogP contribution in [0.2, 0.25) is 0 Å². The molecule has 0 saturated carbocycles. The van der Waals surface area contributed by atoms with Crippen LogP contribution in [-0.4, -0.2) is 31.5 Å². The number of hydrogen-bond donors (Lipinski definition) is 2. The number of nitrogens with one attached hydrogen (secondary N) is 2. The summed E-state index contributed by atoms with van der Waals surface area (Å²) in [7, 11) is 0. The van der Waals surface area contributed by atoms with Gasteiger partial charge in [-0.15, -0.1) is 0 Å². The van der Waals surface area contributed by atoms with Crippen LogP contribution in [0, 0.1) is 0 Å². The highest BCUT2D eigenvalue weighted by atomic mass is 19.3. The topological polar surface area (TPSA) is 41.1 Å². The molecule has 0 saturated heterocycles. The van der Waals surface area contributed by atoms with Gasteiger partial charge in [0, 0.05) is 6.54 Å². The number of carbonyl (C=O) groups excluding carboxylic acids is 1. The van der Waals surface area contributed by atoms with E-state index < -0.39 is 24.9 Å². The first kappa shape index (κ1) is 14.0. The van der Waals surface area contributed by atoms with Gasteiger partial charge in [0.05, 0.1) is 6.54 Å². The standard InChI is InChI=1S/C8H14F4N2O/c1-2-3-4-13-7(15)14-5-8(11,12)6(9)10/h6H,2-5H2,1H3,(H2,13,14,15).